The van der Waals surface area contributed by atoms with Gasteiger partial charge >= 0.3 is 0 Å². The zero-order valence-corrected chi connectivity index (χ0v) is 20.9. The van der Waals surface area contributed by atoms with E-state index in [9.17, 15) is 17.6 Å². The van der Waals surface area contributed by atoms with Gasteiger partial charge in [-0.25, -0.2) is 12.8 Å². The molecule has 4 rings (SSSR count). The van der Waals surface area contributed by atoms with Gasteiger partial charge < -0.3 is 5.32 Å². The van der Waals surface area contributed by atoms with Crippen molar-refractivity contribution in [1.29, 1.82) is 0 Å². The molecule has 0 bridgehead atoms. The number of rotatable bonds is 8. The molecule has 0 aliphatic rings. The molecule has 1 atom stereocenters. The first kappa shape index (κ1) is 25.1. The standard InChI is InChI=1S/C29H27FN2O3S/c1-21-8-12-24(13-9-21)29(23-6-4-3-5-7-23)31-28(33)20-32(26-16-10-22(2)11-17-26)36(34,35)27-18-14-25(30)15-19-27/h3-19,29H,20H2,1-2H3,(H,31,33)/t29-/m0/s1. The fraction of sp³-hybridized carbons (Fsp3) is 0.138. The molecule has 0 heterocycles. The molecule has 4 aromatic carbocycles. The van der Waals surface area contributed by atoms with E-state index in [1.165, 1.54) is 12.1 Å². The summed E-state index contributed by atoms with van der Waals surface area (Å²) in [5.74, 6) is -1.02. The number of anilines is 1. The summed E-state index contributed by atoms with van der Waals surface area (Å²) in [7, 11) is -4.14. The van der Waals surface area contributed by atoms with Gasteiger partial charge in [-0.3, -0.25) is 9.10 Å². The second-order valence-corrected chi connectivity index (χ2v) is 10.5. The lowest BCUT2D eigenvalue weighted by Crippen LogP contribution is -2.42. The monoisotopic (exact) mass is 502 g/mol. The third-order valence-corrected chi connectivity index (χ3v) is 7.65. The van der Waals surface area contributed by atoms with Gasteiger partial charge in [0.15, 0.2) is 0 Å². The van der Waals surface area contributed by atoms with E-state index >= 15 is 0 Å². The molecule has 0 aliphatic carbocycles. The van der Waals surface area contributed by atoms with E-state index in [2.05, 4.69) is 5.32 Å². The van der Waals surface area contributed by atoms with Crippen molar-refractivity contribution in [2.45, 2.75) is 24.8 Å². The Morgan fingerprint density at radius 2 is 1.31 bits per heavy atom. The molecule has 0 fully saturated rings. The minimum atomic E-state index is -4.14. The summed E-state index contributed by atoms with van der Waals surface area (Å²) < 4.78 is 41.6. The molecule has 5 nitrogen and oxygen atoms in total. The number of hydrogen-bond acceptors (Lipinski definition) is 3. The Labute approximate surface area is 211 Å². The molecule has 0 aliphatic heterocycles. The Bertz CT molecular complexity index is 1420. The van der Waals surface area contributed by atoms with E-state index in [-0.39, 0.29) is 4.90 Å². The lowest BCUT2D eigenvalue weighted by Gasteiger charge is -2.26. The Morgan fingerprint density at radius 3 is 1.89 bits per heavy atom. The molecular weight excluding hydrogens is 475 g/mol. The van der Waals surface area contributed by atoms with Crippen LogP contribution in [0.25, 0.3) is 0 Å². The SMILES string of the molecule is Cc1ccc([C@@H](NC(=O)CN(c2ccc(C)cc2)S(=O)(=O)c2ccc(F)cc2)c2ccccc2)cc1. The summed E-state index contributed by atoms with van der Waals surface area (Å²) in [6.45, 7) is 3.43. The first-order chi connectivity index (χ1) is 17.2. The molecule has 184 valence electrons. The van der Waals surface area contributed by atoms with Crippen LogP contribution in [0.15, 0.2) is 108 Å². The van der Waals surface area contributed by atoms with Gasteiger partial charge in [0.2, 0.25) is 5.91 Å². The van der Waals surface area contributed by atoms with E-state index in [0.29, 0.717) is 5.69 Å². The summed E-state index contributed by atoms with van der Waals surface area (Å²) in [4.78, 5) is 13.3. The summed E-state index contributed by atoms with van der Waals surface area (Å²) in [6.07, 6.45) is 0. The zero-order chi connectivity index (χ0) is 25.7. The van der Waals surface area contributed by atoms with Crippen LogP contribution >= 0.6 is 0 Å². The minimum Gasteiger partial charge on any atom is -0.344 e. The molecule has 0 radical (unpaired) electrons. The second kappa shape index (κ2) is 10.7. The first-order valence-corrected chi connectivity index (χ1v) is 12.9. The van der Waals surface area contributed by atoms with Gasteiger partial charge in [-0.15, -0.1) is 0 Å². The molecule has 7 heteroatoms. The van der Waals surface area contributed by atoms with Crippen LogP contribution in [0.5, 0.6) is 0 Å². The van der Waals surface area contributed by atoms with E-state index in [0.717, 1.165) is 38.7 Å². The number of nitrogens with one attached hydrogen (secondary N) is 1. The van der Waals surface area contributed by atoms with E-state index < -0.39 is 34.3 Å². The average Bonchev–Trinajstić information content (AvgIpc) is 2.88. The first-order valence-electron chi connectivity index (χ1n) is 11.5. The van der Waals surface area contributed by atoms with Crippen LogP contribution in [-0.2, 0) is 14.8 Å². The number of nitrogens with zero attached hydrogens (tertiary/aromatic N) is 1. The van der Waals surface area contributed by atoms with Gasteiger partial charge in [0.05, 0.1) is 16.6 Å². The highest BCUT2D eigenvalue weighted by molar-refractivity contribution is 7.92. The Kier molecular flexibility index (Phi) is 7.50. The van der Waals surface area contributed by atoms with Crippen LogP contribution in [0.1, 0.15) is 28.3 Å². The number of aryl methyl sites for hydroxylation is 2. The number of carbonyl (C=O) groups excluding carboxylic acids is 1. The molecule has 0 saturated carbocycles. The van der Waals surface area contributed by atoms with Crippen LogP contribution in [0.2, 0.25) is 0 Å². The molecule has 0 aromatic heterocycles. The van der Waals surface area contributed by atoms with E-state index in [1.54, 1.807) is 24.3 Å². The Hall–Kier alpha value is -3.97. The average molecular weight is 503 g/mol. The second-order valence-electron chi connectivity index (χ2n) is 8.62. The summed E-state index contributed by atoms with van der Waals surface area (Å²) >= 11 is 0. The van der Waals surface area contributed by atoms with Crippen molar-refractivity contribution >= 4 is 21.6 Å². The highest BCUT2D eigenvalue weighted by Crippen LogP contribution is 2.26. The van der Waals surface area contributed by atoms with Gasteiger partial charge in [0.1, 0.15) is 12.4 Å². The van der Waals surface area contributed by atoms with E-state index in [1.807, 2.05) is 68.4 Å². The van der Waals surface area contributed by atoms with Crippen molar-refractivity contribution < 1.29 is 17.6 Å². The predicted octanol–water partition coefficient (Wildman–Crippen LogP) is 5.54. The summed E-state index contributed by atoms with van der Waals surface area (Å²) in [6, 6.07) is 28.3. The number of benzene rings is 4. The molecule has 4 aromatic rings. The molecule has 0 saturated heterocycles. The fourth-order valence-electron chi connectivity index (χ4n) is 3.86. The number of sulfonamides is 1. The van der Waals surface area contributed by atoms with Gasteiger partial charge in [0.25, 0.3) is 10.0 Å². The third kappa shape index (κ3) is 5.80. The van der Waals surface area contributed by atoms with Crippen LogP contribution in [0.4, 0.5) is 10.1 Å². The van der Waals surface area contributed by atoms with Gasteiger partial charge in [0, 0.05) is 0 Å². The van der Waals surface area contributed by atoms with Crippen LogP contribution in [0, 0.1) is 19.7 Å². The molecule has 1 amide bonds. The number of carbonyl (C=O) groups is 1. The molecule has 0 spiro atoms. The van der Waals surface area contributed by atoms with Crippen LogP contribution in [0.3, 0.4) is 0 Å². The lowest BCUT2D eigenvalue weighted by molar-refractivity contribution is -0.120. The normalized spacial score (nSPS) is 12.1. The number of amides is 1. The summed E-state index contributed by atoms with van der Waals surface area (Å²) in [5.41, 5.74) is 4.13. The van der Waals surface area contributed by atoms with Gasteiger partial charge in [-0.05, 0) is 61.4 Å². The van der Waals surface area contributed by atoms with Crippen molar-refractivity contribution in [3.63, 3.8) is 0 Å². The van der Waals surface area contributed by atoms with Gasteiger partial charge in [-0.1, -0.05) is 77.9 Å². The summed E-state index contributed by atoms with van der Waals surface area (Å²) in [5, 5.41) is 3.01. The molecule has 0 unspecified atom stereocenters. The Morgan fingerprint density at radius 1 is 0.778 bits per heavy atom. The lowest BCUT2D eigenvalue weighted by atomic mass is 9.98. The van der Waals surface area contributed by atoms with Crippen LogP contribution < -0.4 is 9.62 Å². The van der Waals surface area contributed by atoms with E-state index in [4.69, 9.17) is 0 Å². The topological polar surface area (TPSA) is 66.5 Å². The molecule has 36 heavy (non-hydrogen) atoms. The number of halogens is 1. The highest BCUT2D eigenvalue weighted by atomic mass is 32.2. The third-order valence-electron chi connectivity index (χ3n) is 5.86. The highest BCUT2D eigenvalue weighted by Gasteiger charge is 2.28. The smallest absolute Gasteiger partial charge is 0.264 e. The predicted molar refractivity (Wildman–Crippen MR) is 140 cm³/mol. The Balaban J connectivity index is 1.68. The van der Waals surface area contributed by atoms with Crippen molar-refractivity contribution in [2.75, 3.05) is 10.8 Å². The maximum Gasteiger partial charge on any atom is 0.264 e. The van der Waals surface area contributed by atoms with Gasteiger partial charge in [-0.2, -0.15) is 0 Å². The molecular formula is C29H27FN2O3S. The quantitative estimate of drug-likeness (QED) is 0.344. The van der Waals surface area contributed by atoms with Crippen molar-refractivity contribution in [2.24, 2.45) is 0 Å². The maximum atomic E-state index is 13.6. The maximum absolute atomic E-state index is 13.6. The minimum absolute atomic E-state index is 0.101. The largest absolute Gasteiger partial charge is 0.344 e. The fourth-order valence-corrected chi connectivity index (χ4v) is 5.28. The number of hydrogen-bond donors (Lipinski definition) is 1. The zero-order valence-electron chi connectivity index (χ0n) is 20.1. The molecule has 1 N–H and O–H groups in total. The van der Waals surface area contributed by atoms with Crippen molar-refractivity contribution in [3.8, 4) is 0 Å². The van der Waals surface area contributed by atoms with Crippen molar-refractivity contribution in [1.82, 2.24) is 5.32 Å². The van der Waals surface area contributed by atoms with Crippen molar-refractivity contribution in [3.05, 3.63) is 131 Å². The van der Waals surface area contributed by atoms with Crippen LogP contribution in [-0.4, -0.2) is 20.9 Å².